The lowest BCUT2D eigenvalue weighted by atomic mass is 9.98. The minimum Gasteiger partial charge on any atom is -0.467 e. The van der Waals surface area contributed by atoms with Crippen LogP contribution in [0.4, 0.5) is 4.79 Å². The molecule has 1 aliphatic heterocycles. The van der Waals surface area contributed by atoms with Gasteiger partial charge in [0, 0.05) is 0 Å². The second-order valence-corrected chi connectivity index (χ2v) is 11.7. The van der Waals surface area contributed by atoms with E-state index < -0.39 is 55.4 Å². The number of carbonyl (C=O) groups excluding carboxylic acids is 2. The molecule has 6 atom stereocenters. The maximum atomic E-state index is 12.7. The molecule has 0 radical (unpaired) electrons. The van der Waals surface area contributed by atoms with Crippen LogP contribution < -0.4 is 5.32 Å². The van der Waals surface area contributed by atoms with Crippen LogP contribution in [0.15, 0.2) is 121 Å². The van der Waals surface area contributed by atoms with Crippen LogP contribution in [-0.2, 0) is 64.4 Å². The highest BCUT2D eigenvalue weighted by atomic mass is 16.7. The van der Waals surface area contributed by atoms with E-state index in [2.05, 4.69) is 5.32 Å². The molecular weight excluding hydrogens is 642 g/mol. The van der Waals surface area contributed by atoms with E-state index in [0.29, 0.717) is 6.61 Å². The number of esters is 1. The van der Waals surface area contributed by atoms with Gasteiger partial charge in [-0.2, -0.15) is 0 Å². The van der Waals surface area contributed by atoms with Gasteiger partial charge in [0.15, 0.2) is 12.3 Å². The first kappa shape index (κ1) is 36.7. The van der Waals surface area contributed by atoms with Gasteiger partial charge in [-0.05, 0) is 22.3 Å². The normalized spacial score (nSPS) is 20.8. The van der Waals surface area contributed by atoms with Gasteiger partial charge in [-0.3, -0.25) is 0 Å². The fraction of sp³-hybridized carbons (Fsp3) is 0.333. The lowest BCUT2D eigenvalue weighted by molar-refractivity contribution is -0.319. The number of aliphatic hydroxyl groups excluding tert-OH is 1. The number of amides is 1. The van der Waals surface area contributed by atoms with E-state index in [1.165, 1.54) is 7.11 Å². The monoisotopic (exact) mass is 685 g/mol. The third-order valence-electron chi connectivity index (χ3n) is 8.00. The van der Waals surface area contributed by atoms with E-state index in [1.807, 2.05) is 121 Å². The van der Waals surface area contributed by atoms with Gasteiger partial charge >= 0.3 is 12.1 Å². The lowest BCUT2D eigenvalue weighted by Crippen LogP contribution is -2.61. The predicted molar refractivity (Wildman–Crippen MR) is 182 cm³/mol. The maximum Gasteiger partial charge on any atom is 0.408 e. The van der Waals surface area contributed by atoms with Crippen molar-refractivity contribution in [3.63, 3.8) is 0 Å². The molecule has 1 amide bonds. The molecule has 1 saturated heterocycles. The van der Waals surface area contributed by atoms with Gasteiger partial charge in [-0.15, -0.1) is 0 Å². The highest BCUT2D eigenvalue weighted by molar-refractivity contribution is 5.81. The van der Waals surface area contributed by atoms with Gasteiger partial charge < -0.3 is 43.6 Å². The summed E-state index contributed by atoms with van der Waals surface area (Å²) in [5.41, 5.74) is 3.57. The number of rotatable bonds is 17. The number of aliphatic hydroxyl groups is 1. The van der Waals surface area contributed by atoms with Gasteiger partial charge in [0.25, 0.3) is 0 Å². The standard InChI is InChI=1S/C39H43NO10/c1-44-37(42)32(40-39(43)49-25-31-20-12-5-13-21-31)26-48-38-34(41)36(47-24-30-18-10-4-11-19-30)35(46-23-29-16-8-3-9-17-29)33(50-38)27-45-22-28-14-6-2-7-15-28/h2-21,32-36,38,41H,22-27H2,1H3,(H,40,43)/t32-,33+,34-,35+,36+,38+/m0/s1. The quantitative estimate of drug-likeness (QED) is 0.147. The van der Waals surface area contributed by atoms with Gasteiger partial charge in [-0.1, -0.05) is 121 Å². The molecular formula is C39H43NO10. The number of nitrogens with one attached hydrogen (secondary N) is 1. The van der Waals surface area contributed by atoms with E-state index >= 15 is 0 Å². The first-order valence-corrected chi connectivity index (χ1v) is 16.4. The van der Waals surface area contributed by atoms with Gasteiger partial charge in [0.05, 0.1) is 40.1 Å². The molecule has 0 saturated carbocycles. The maximum absolute atomic E-state index is 12.7. The summed E-state index contributed by atoms with van der Waals surface area (Å²) in [6.45, 7) is 0.408. The lowest BCUT2D eigenvalue weighted by Gasteiger charge is -2.44. The Morgan fingerprint density at radius 1 is 0.680 bits per heavy atom. The van der Waals surface area contributed by atoms with Crippen LogP contribution in [0.5, 0.6) is 0 Å². The minimum atomic E-state index is -1.35. The summed E-state index contributed by atoms with van der Waals surface area (Å²) < 4.78 is 41.3. The second-order valence-electron chi connectivity index (χ2n) is 11.7. The average molecular weight is 686 g/mol. The van der Waals surface area contributed by atoms with Gasteiger partial charge in [0.2, 0.25) is 0 Å². The highest BCUT2D eigenvalue weighted by Gasteiger charge is 2.48. The van der Waals surface area contributed by atoms with Crippen molar-refractivity contribution in [1.82, 2.24) is 5.32 Å². The topological polar surface area (TPSA) is 131 Å². The summed E-state index contributed by atoms with van der Waals surface area (Å²) in [6, 6.07) is 36.8. The third kappa shape index (κ3) is 11.2. The highest BCUT2D eigenvalue weighted by Crippen LogP contribution is 2.29. The molecule has 1 fully saturated rings. The molecule has 5 rings (SSSR count). The Kier molecular flexibility index (Phi) is 14.3. The number of alkyl carbamates (subject to hydrolysis) is 1. The molecule has 0 unspecified atom stereocenters. The largest absolute Gasteiger partial charge is 0.467 e. The van der Waals surface area contributed by atoms with Crippen LogP contribution >= 0.6 is 0 Å². The number of benzene rings is 4. The average Bonchev–Trinajstić information content (AvgIpc) is 3.16. The summed E-state index contributed by atoms with van der Waals surface area (Å²) in [5.74, 6) is -0.768. The molecule has 0 spiro atoms. The molecule has 4 aromatic carbocycles. The van der Waals surface area contributed by atoms with E-state index in [0.717, 1.165) is 22.3 Å². The summed E-state index contributed by atoms with van der Waals surface area (Å²) in [7, 11) is 1.19. The van der Waals surface area contributed by atoms with Crippen molar-refractivity contribution in [3.05, 3.63) is 144 Å². The van der Waals surface area contributed by atoms with E-state index in [9.17, 15) is 14.7 Å². The Hall–Kier alpha value is -4.62. The Balaban J connectivity index is 1.31. The Bertz CT molecular complexity index is 1560. The molecule has 264 valence electrons. The summed E-state index contributed by atoms with van der Waals surface area (Å²) in [4.78, 5) is 25.3. The van der Waals surface area contributed by atoms with Crippen molar-refractivity contribution in [2.45, 2.75) is 63.2 Å². The Morgan fingerprint density at radius 3 is 1.68 bits per heavy atom. The first-order valence-electron chi connectivity index (χ1n) is 16.4. The summed E-state index contributed by atoms with van der Waals surface area (Å²) in [5, 5.41) is 14.2. The number of methoxy groups -OCH3 is 1. The number of hydrogen-bond acceptors (Lipinski definition) is 10. The minimum absolute atomic E-state index is 0.00133. The molecule has 50 heavy (non-hydrogen) atoms. The molecule has 4 aromatic rings. The number of hydrogen-bond donors (Lipinski definition) is 2. The van der Waals surface area contributed by atoms with Crippen molar-refractivity contribution in [2.75, 3.05) is 20.3 Å². The fourth-order valence-electron chi connectivity index (χ4n) is 5.37. The SMILES string of the molecule is COC(=O)[C@H](CO[C@@H]1O[C@H](COCc2ccccc2)[C@@H](OCc2ccccc2)[C@H](OCc2ccccc2)[C@@H]1O)NC(=O)OCc1ccccc1. The fourth-order valence-corrected chi connectivity index (χ4v) is 5.37. The predicted octanol–water partition coefficient (Wildman–Crippen LogP) is 4.94. The summed E-state index contributed by atoms with van der Waals surface area (Å²) in [6.07, 6.45) is -5.93. The molecule has 1 heterocycles. The molecule has 11 heteroatoms. The molecule has 11 nitrogen and oxygen atoms in total. The van der Waals surface area contributed by atoms with Crippen molar-refractivity contribution >= 4 is 12.1 Å². The van der Waals surface area contributed by atoms with E-state index in [-0.39, 0.29) is 26.4 Å². The van der Waals surface area contributed by atoms with Crippen LogP contribution in [-0.4, -0.2) is 74.2 Å². The van der Waals surface area contributed by atoms with Crippen LogP contribution in [0.2, 0.25) is 0 Å². The van der Waals surface area contributed by atoms with Crippen LogP contribution in [0.25, 0.3) is 0 Å². The molecule has 0 aromatic heterocycles. The Morgan fingerprint density at radius 2 is 1.16 bits per heavy atom. The zero-order chi connectivity index (χ0) is 35.0. The number of ether oxygens (including phenoxy) is 7. The number of carbonyl (C=O) groups is 2. The smallest absolute Gasteiger partial charge is 0.408 e. The molecule has 0 bridgehead atoms. The molecule has 1 aliphatic rings. The van der Waals surface area contributed by atoms with Gasteiger partial charge in [-0.25, -0.2) is 9.59 Å². The van der Waals surface area contributed by atoms with Crippen molar-refractivity contribution in [1.29, 1.82) is 0 Å². The van der Waals surface area contributed by atoms with Crippen LogP contribution in [0, 0.1) is 0 Å². The molecule has 0 aliphatic carbocycles. The first-order chi connectivity index (χ1) is 24.5. The van der Waals surface area contributed by atoms with Crippen molar-refractivity contribution < 1.29 is 47.9 Å². The zero-order valence-corrected chi connectivity index (χ0v) is 27.9. The van der Waals surface area contributed by atoms with Crippen LogP contribution in [0.3, 0.4) is 0 Å². The zero-order valence-electron chi connectivity index (χ0n) is 27.9. The molecule has 2 N–H and O–H groups in total. The summed E-state index contributed by atoms with van der Waals surface area (Å²) >= 11 is 0. The third-order valence-corrected chi connectivity index (χ3v) is 8.00. The van der Waals surface area contributed by atoms with E-state index in [1.54, 1.807) is 0 Å². The van der Waals surface area contributed by atoms with E-state index in [4.69, 9.17) is 33.2 Å². The Labute approximate surface area is 292 Å². The van der Waals surface area contributed by atoms with Crippen LogP contribution in [0.1, 0.15) is 22.3 Å². The van der Waals surface area contributed by atoms with Gasteiger partial charge in [0.1, 0.15) is 31.0 Å². The van der Waals surface area contributed by atoms with Crippen molar-refractivity contribution in [2.24, 2.45) is 0 Å². The second kappa shape index (κ2) is 19.5. The van der Waals surface area contributed by atoms with Crippen molar-refractivity contribution in [3.8, 4) is 0 Å².